The summed E-state index contributed by atoms with van der Waals surface area (Å²) >= 11 is 0. The van der Waals surface area contributed by atoms with Crippen LogP contribution in [-0.4, -0.2) is 6.79 Å². The molecule has 1 saturated heterocycles. The van der Waals surface area contributed by atoms with Gasteiger partial charge in [0.1, 0.15) is 6.79 Å². The standard InChI is InChI=1S/C16H16O2/c1-3-7-13(8-4-1)15-11-16(18-12-17-15)14-9-5-2-6-10-14/h1-10,15-16H,11-12H2/t15-,16-/m0/s1. The predicted octanol–water partition coefficient (Wildman–Crippen LogP) is 3.86. The van der Waals surface area contributed by atoms with Gasteiger partial charge in [0.15, 0.2) is 0 Å². The summed E-state index contributed by atoms with van der Waals surface area (Å²) in [6, 6.07) is 20.7. The summed E-state index contributed by atoms with van der Waals surface area (Å²) in [5.74, 6) is 0. The molecule has 2 nitrogen and oxygen atoms in total. The molecule has 0 saturated carbocycles. The maximum Gasteiger partial charge on any atom is 0.148 e. The maximum absolute atomic E-state index is 5.69. The largest absolute Gasteiger partial charge is 0.347 e. The predicted molar refractivity (Wildman–Crippen MR) is 70.0 cm³/mol. The highest BCUT2D eigenvalue weighted by molar-refractivity contribution is 5.21. The first-order chi connectivity index (χ1) is 8.93. The number of hydrogen-bond donors (Lipinski definition) is 0. The number of ether oxygens (including phenoxy) is 2. The minimum atomic E-state index is 0.130. The van der Waals surface area contributed by atoms with Gasteiger partial charge in [-0.15, -0.1) is 0 Å². The van der Waals surface area contributed by atoms with Gasteiger partial charge in [0.05, 0.1) is 12.2 Å². The van der Waals surface area contributed by atoms with E-state index in [1.54, 1.807) is 0 Å². The molecule has 0 spiro atoms. The van der Waals surface area contributed by atoms with Crippen molar-refractivity contribution in [1.82, 2.24) is 0 Å². The Balaban J connectivity index is 1.77. The van der Waals surface area contributed by atoms with Crippen molar-refractivity contribution in [2.75, 3.05) is 6.79 Å². The number of benzene rings is 2. The molecule has 1 aliphatic rings. The Morgan fingerprint density at radius 1 is 0.667 bits per heavy atom. The molecule has 2 atom stereocenters. The molecule has 18 heavy (non-hydrogen) atoms. The SMILES string of the molecule is c1ccc([C@@H]2C[C@@H](c3ccccc3)OCO2)cc1. The zero-order chi connectivity index (χ0) is 12.2. The molecule has 2 aromatic carbocycles. The van der Waals surface area contributed by atoms with Crippen LogP contribution in [0.4, 0.5) is 0 Å². The van der Waals surface area contributed by atoms with Gasteiger partial charge in [0, 0.05) is 6.42 Å². The zero-order valence-electron chi connectivity index (χ0n) is 10.2. The zero-order valence-corrected chi connectivity index (χ0v) is 10.2. The highest BCUT2D eigenvalue weighted by atomic mass is 16.7. The van der Waals surface area contributed by atoms with E-state index in [0.717, 1.165) is 6.42 Å². The van der Waals surface area contributed by atoms with E-state index < -0.39 is 0 Å². The van der Waals surface area contributed by atoms with Crippen LogP contribution in [0.1, 0.15) is 29.8 Å². The fraction of sp³-hybridized carbons (Fsp3) is 0.250. The Kier molecular flexibility index (Phi) is 3.40. The van der Waals surface area contributed by atoms with Crippen LogP contribution < -0.4 is 0 Å². The molecule has 0 aliphatic carbocycles. The summed E-state index contributed by atoms with van der Waals surface area (Å²) in [5, 5.41) is 0. The van der Waals surface area contributed by atoms with Gasteiger partial charge in [-0.2, -0.15) is 0 Å². The van der Waals surface area contributed by atoms with Crippen molar-refractivity contribution in [2.24, 2.45) is 0 Å². The van der Waals surface area contributed by atoms with Crippen molar-refractivity contribution in [3.05, 3.63) is 71.8 Å². The molecule has 1 aliphatic heterocycles. The monoisotopic (exact) mass is 240 g/mol. The third kappa shape index (κ3) is 2.45. The first-order valence-electron chi connectivity index (χ1n) is 6.26. The summed E-state index contributed by atoms with van der Waals surface area (Å²) < 4.78 is 11.4. The van der Waals surface area contributed by atoms with E-state index in [1.807, 2.05) is 36.4 Å². The normalized spacial score (nSPS) is 23.8. The van der Waals surface area contributed by atoms with Crippen molar-refractivity contribution in [2.45, 2.75) is 18.6 Å². The first-order valence-corrected chi connectivity index (χ1v) is 6.26. The molecule has 0 N–H and O–H groups in total. The van der Waals surface area contributed by atoms with Crippen LogP contribution in [0.15, 0.2) is 60.7 Å². The Bertz CT molecular complexity index is 435. The van der Waals surface area contributed by atoms with Crippen molar-refractivity contribution in [1.29, 1.82) is 0 Å². The van der Waals surface area contributed by atoms with Gasteiger partial charge in [-0.25, -0.2) is 0 Å². The lowest BCUT2D eigenvalue weighted by atomic mass is 9.98. The van der Waals surface area contributed by atoms with E-state index in [0.29, 0.717) is 6.79 Å². The fourth-order valence-corrected chi connectivity index (χ4v) is 2.33. The Morgan fingerprint density at radius 2 is 1.11 bits per heavy atom. The second-order valence-electron chi connectivity index (χ2n) is 4.49. The highest BCUT2D eigenvalue weighted by Crippen LogP contribution is 2.35. The van der Waals surface area contributed by atoms with E-state index >= 15 is 0 Å². The van der Waals surface area contributed by atoms with Crippen LogP contribution in [0.3, 0.4) is 0 Å². The lowest BCUT2D eigenvalue weighted by molar-refractivity contribution is -0.179. The topological polar surface area (TPSA) is 18.5 Å². The molecule has 0 bridgehead atoms. The van der Waals surface area contributed by atoms with Gasteiger partial charge < -0.3 is 9.47 Å². The number of rotatable bonds is 2. The lowest BCUT2D eigenvalue weighted by Crippen LogP contribution is -2.21. The molecule has 1 heterocycles. The summed E-state index contributed by atoms with van der Waals surface area (Å²) in [7, 11) is 0. The van der Waals surface area contributed by atoms with Crippen LogP contribution in [0.2, 0.25) is 0 Å². The van der Waals surface area contributed by atoms with Crippen LogP contribution >= 0.6 is 0 Å². The average Bonchev–Trinajstić information content (AvgIpc) is 2.49. The Hall–Kier alpha value is -1.64. The highest BCUT2D eigenvalue weighted by Gasteiger charge is 2.25. The molecule has 0 radical (unpaired) electrons. The van der Waals surface area contributed by atoms with E-state index in [-0.39, 0.29) is 12.2 Å². The van der Waals surface area contributed by atoms with Crippen molar-refractivity contribution < 1.29 is 9.47 Å². The van der Waals surface area contributed by atoms with Gasteiger partial charge in [-0.3, -0.25) is 0 Å². The first kappa shape index (κ1) is 11.5. The molecule has 0 unspecified atom stereocenters. The van der Waals surface area contributed by atoms with Crippen molar-refractivity contribution in [3.8, 4) is 0 Å². The maximum atomic E-state index is 5.69. The quantitative estimate of drug-likeness (QED) is 0.793. The molecular formula is C16H16O2. The second kappa shape index (κ2) is 5.34. The Labute approximate surface area is 107 Å². The minimum absolute atomic E-state index is 0.130. The lowest BCUT2D eigenvalue weighted by Gasteiger charge is -2.30. The molecule has 2 aromatic rings. The van der Waals surface area contributed by atoms with E-state index in [9.17, 15) is 0 Å². The van der Waals surface area contributed by atoms with Crippen LogP contribution in [0, 0.1) is 0 Å². The average molecular weight is 240 g/mol. The summed E-state index contributed by atoms with van der Waals surface area (Å²) in [5.41, 5.74) is 2.45. The molecule has 2 heteroatoms. The molecule has 3 rings (SSSR count). The van der Waals surface area contributed by atoms with Crippen molar-refractivity contribution >= 4 is 0 Å². The third-order valence-electron chi connectivity index (χ3n) is 3.31. The number of hydrogen-bond acceptors (Lipinski definition) is 2. The van der Waals surface area contributed by atoms with Gasteiger partial charge in [-0.05, 0) is 11.1 Å². The van der Waals surface area contributed by atoms with Gasteiger partial charge in [-0.1, -0.05) is 60.7 Å². The van der Waals surface area contributed by atoms with Gasteiger partial charge in [0.25, 0.3) is 0 Å². The molecular weight excluding hydrogens is 224 g/mol. The van der Waals surface area contributed by atoms with Crippen LogP contribution in [-0.2, 0) is 9.47 Å². The van der Waals surface area contributed by atoms with Gasteiger partial charge >= 0.3 is 0 Å². The summed E-state index contributed by atoms with van der Waals surface area (Å²) in [4.78, 5) is 0. The van der Waals surface area contributed by atoms with Crippen LogP contribution in [0.25, 0.3) is 0 Å². The molecule has 1 fully saturated rings. The minimum Gasteiger partial charge on any atom is -0.347 e. The second-order valence-corrected chi connectivity index (χ2v) is 4.49. The third-order valence-corrected chi connectivity index (χ3v) is 3.31. The van der Waals surface area contributed by atoms with E-state index in [1.165, 1.54) is 11.1 Å². The molecule has 0 amide bonds. The van der Waals surface area contributed by atoms with Gasteiger partial charge in [0.2, 0.25) is 0 Å². The smallest absolute Gasteiger partial charge is 0.148 e. The van der Waals surface area contributed by atoms with E-state index in [4.69, 9.17) is 9.47 Å². The fourth-order valence-electron chi connectivity index (χ4n) is 2.33. The van der Waals surface area contributed by atoms with Crippen molar-refractivity contribution in [3.63, 3.8) is 0 Å². The molecule has 0 aromatic heterocycles. The molecule has 92 valence electrons. The van der Waals surface area contributed by atoms with Crippen LogP contribution in [0.5, 0.6) is 0 Å². The summed E-state index contributed by atoms with van der Waals surface area (Å²) in [6.45, 7) is 0.360. The summed E-state index contributed by atoms with van der Waals surface area (Å²) in [6.07, 6.45) is 1.13. The Morgan fingerprint density at radius 3 is 1.56 bits per heavy atom. The van der Waals surface area contributed by atoms with E-state index in [2.05, 4.69) is 24.3 Å².